The van der Waals surface area contributed by atoms with E-state index in [9.17, 15) is 0 Å². The predicted octanol–water partition coefficient (Wildman–Crippen LogP) is 2.33. The summed E-state index contributed by atoms with van der Waals surface area (Å²) >= 11 is 0. The van der Waals surface area contributed by atoms with Gasteiger partial charge < -0.3 is 15.0 Å². The summed E-state index contributed by atoms with van der Waals surface area (Å²) in [6.45, 7) is 9.79. The number of nitrogens with one attached hydrogen (secondary N) is 1. The number of aromatic nitrogens is 3. The maximum atomic E-state index is 5.57. The molecule has 20 heavy (non-hydrogen) atoms. The van der Waals surface area contributed by atoms with Gasteiger partial charge in [0.25, 0.3) is 0 Å². The maximum Gasteiger partial charge on any atom is 0.323 e. The van der Waals surface area contributed by atoms with Crippen molar-refractivity contribution in [3.63, 3.8) is 0 Å². The number of piperidine rings is 1. The van der Waals surface area contributed by atoms with Gasteiger partial charge in [-0.05, 0) is 32.1 Å². The van der Waals surface area contributed by atoms with Gasteiger partial charge in [0, 0.05) is 19.6 Å². The first-order valence-corrected chi connectivity index (χ1v) is 7.60. The summed E-state index contributed by atoms with van der Waals surface area (Å²) in [4.78, 5) is 15.5. The van der Waals surface area contributed by atoms with Gasteiger partial charge in [-0.15, -0.1) is 0 Å². The Morgan fingerprint density at radius 1 is 1.30 bits per heavy atom. The van der Waals surface area contributed by atoms with Gasteiger partial charge in [-0.1, -0.05) is 13.8 Å². The van der Waals surface area contributed by atoms with Crippen LogP contribution in [-0.2, 0) is 0 Å². The molecule has 2 rings (SSSR count). The second-order valence-electron chi connectivity index (χ2n) is 5.31. The van der Waals surface area contributed by atoms with E-state index in [0.29, 0.717) is 24.5 Å². The Bertz CT molecular complexity index is 426. The minimum Gasteiger partial charge on any atom is -0.463 e. The van der Waals surface area contributed by atoms with Gasteiger partial charge in [0.2, 0.25) is 11.9 Å². The second kappa shape index (κ2) is 7.26. The third-order valence-corrected chi connectivity index (χ3v) is 3.31. The van der Waals surface area contributed by atoms with Gasteiger partial charge in [-0.25, -0.2) is 0 Å². The molecule has 1 unspecified atom stereocenters. The zero-order chi connectivity index (χ0) is 14.4. The predicted molar refractivity (Wildman–Crippen MR) is 80.4 cm³/mol. The molecule has 6 nitrogen and oxygen atoms in total. The van der Waals surface area contributed by atoms with Crippen LogP contribution in [0.4, 0.5) is 11.9 Å². The zero-order valence-electron chi connectivity index (χ0n) is 12.7. The molecule has 0 aromatic carbocycles. The number of hydrogen-bond acceptors (Lipinski definition) is 6. The lowest BCUT2D eigenvalue weighted by Crippen LogP contribution is -2.35. The van der Waals surface area contributed by atoms with Crippen molar-refractivity contribution in [2.45, 2.75) is 40.0 Å². The normalized spacial score (nSPS) is 18.9. The monoisotopic (exact) mass is 279 g/mol. The lowest BCUT2D eigenvalue weighted by Gasteiger charge is -2.31. The van der Waals surface area contributed by atoms with Crippen LogP contribution in [0.2, 0.25) is 0 Å². The summed E-state index contributed by atoms with van der Waals surface area (Å²) in [6, 6.07) is 0.422. The average Bonchev–Trinajstić information content (AvgIpc) is 2.45. The molecule has 1 aliphatic rings. The van der Waals surface area contributed by atoms with Crippen LogP contribution in [0, 0.1) is 5.92 Å². The van der Waals surface area contributed by atoms with E-state index < -0.39 is 0 Å². The van der Waals surface area contributed by atoms with E-state index in [0.717, 1.165) is 32.0 Å². The largest absolute Gasteiger partial charge is 0.463 e. The molecule has 0 radical (unpaired) electrons. The molecule has 6 heteroatoms. The van der Waals surface area contributed by atoms with E-state index in [1.165, 1.54) is 12.8 Å². The molecule has 1 atom stereocenters. The molecular formula is C14H25N5O. The number of anilines is 2. The van der Waals surface area contributed by atoms with E-state index in [2.05, 4.69) is 39.0 Å². The Morgan fingerprint density at radius 3 is 2.85 bits per heavy atom. The highest BCUT2D eigenvalue weighted by Gasteiger charge is 2.20. The van der Waals surface area contributed by atoms with Crippen LogP contribution < -0.4 is 15.0 Å². The Morgan fingerprint density at radius 2 is 2.15 bits per heavy atom. The Kier molecular flexibility index (Phi) is 5.38. The van der Waals surface area contributed by atoms with Crippen molar-refractivity contribution in [1.29, 1.82) is 0 Å². The lowest BCUT2D eigenvalue weighted by molar-refractivity contribution is 0.291. The maximum absolute atomic E-state index is 5.57. The fraction of sp³-hybridized carbons (Fsp3) is 0.786. The average molecular weight is 279 g/mol. The number of rotatable bonds is 6. The first-order chi connectivity index (χ1) is 9.72. The highest BCUT2D eigenvalue weighted by Crippen LogP contribution is 2.22. The van der Waals surface area contributed by atoms with Crippen molar-refractivity contribution in [3.05, 3.63) is 0 Å². The van der Waals surface area contributed by atoms with Crippen LogP contribution >= 0.6 is 0 Å². The Balaban J connectivity index is 2.18. The molecule has 0 saturated carbocycles. The van der Waals surface area contributed by atoms with Crippen molar-refractivity contribution in [3.8, 4) is 6.01 Å². The Labute approximate surface area is 121 Å². The minimum atomic E-state index is 0.422. The lowest BCUT2D eigenvalue weighted by atomic mass is 10.0. The van der Waals surface area contributed by atoms with E-state index >= 15 is 0 Å². The second-order valence-corrected chi connectivity index (χ2v) is 5.31. The first kappa shape index (κ1) is 14.8. The molecule has 0 amide bonds. The Hall–Kier alpha value is -1.59. The summed E-state index contributed by atoms with van der Waals surface area (Å²) in [6.07, 6.45) is 3.41. The molecule has 1 aromatic heterocycles. The SMILES string of the molecule is CCCOc1nc(NCC)nc(N2CCCC(C)C2)n1. The van der Waals surface area contributed by atoms with Gasteiger partial charge >= 0.3 is 6.01 Å². The quantitative estimate of drug-likeness (QED) is 0.862. The van der Waals surface area contributed by atoms with Crippen LogP contribution in [-0.4, -0.2) is 41.2 Å². The molecule has 1 saturated heterocycles. The summed E-state index contributed by atoms with van der Waals surface area (Å²) in [5, 5.41) is 3.15. The molecule has 2 heterocycles. The smallest absolute Gasteiger partial charge is 0.323 e. The van der Waals surface area contributed by atoms with E-state index in [1.54, 1.807) is 0 Å². The van der Waals surface area contributed by atoms with Crippen molar-refractivity contribution in [2.75, 3.05) is 36.5 Å². The van der Waals surface area contributed by atoms with Crippen LogP contribution in [0.5, 0.6) is 6.01 Å². The van der Waals surface area contributed by atoms with E-state index in [-0.39, 0.29) is 0 Å². The molecule has 1 fully saturated rings. The number of ether oxygens (including phenoxy) is 1. The number of hydrogen-bond donors (Lipinski definition) is 1. The fourth-order valence-corrected chi connectivity index (χ4v) is 2.35. The van der Waals surface area contributed by atoms with E-state index in [1.807, 2.05) is 6.92 Å². The summed E-state index contributed by atoms with van der Waals surface area (Å²) in [5.74, 6) is 2.01. The van der Waals surface area contributed by atoms with Crippen molar-refractivity contribution < 1.29 is 4.74 Å². The van der Waals surface area contributed by atoms with Crippen LogP contribution in [0.3, 0.4) is 0 Å². The zero-order valence-corrected chi connectivity index (χ0v) is 12.7. The highest BCUT2D eigenvalue weighted by atomic mass is 16.5. The van der Waals surface area contributed by atoms with Gasteiger partial charge in [0.1, 0.15) is 0 Å². The molecule has 0 spiro atoms. The van der Waals surface area contributed by atoms with Gasteiger partial charge in [0.15, 0.2) is 0 Å². The van der Waals surface area contributed by atoms with Crippen LogP contribution in [0.15, 0.2) is 0 Å². The first-order valence-electron chi connectivity index (χ1n) is 7.60. The molecule has 1 aromatic rings. The third kappa shape index (κ3) is 3.95. The van der Waals surface area contributed by atoms with Crippen LogP contribution in [0.25, 0.3) is 0 Å². The summed E-state index contributed by atoms with van der Waals surface area (Å²) < 4.78 is 5.57. The molecule has 0 bridgehead atoms. The van der Waals surface area contributed by atoms with Crippen LogP contribution in [0.1, 0.15) is 40.0 Å². The van der Waals surface area contributed by atoms with Crippen molar-refractivity contribution in [2.24, 2.45) is 5.92 Å². The molecule has 112 valence electrons. The van der Waals surface area contributed by atoms with Crippen molar-refractivity contribution >= 4 is 11.9 Å². The van der Waals surface area contributed by atoms with Crippen molar-refractivity contribution in [1.82, 2.24) is 15.0 Å². The third-order valence-electron chi connectivity index (χ3n) is 3.31. The minimum absolute atomic E-state index is 0.422. The van der Waals surface area contributed by atoms with E-state index in [4.69, 9.17) is 4.74 Å². The van der Waals surface area contributed by atoms with Gasteiger partial charge in [-0.3, -0.25) is 0 Å². The van der Waals surface area contributed by atoms with Gasteiger partial charge in [-0.2, -0.15) is 15.0 Å². The molecule has 0 aliphatic carbocycles. The molecule has 1 aliphatic heterocycles. The summed E-state index contributed by atoms with van der Waals surface area (Å²) in [7, 11) is 0. The molecule has 1 N–H and O–H groups in total. The molecular weight excluding hydrogens is 254 g/mol. The topological polar surface area (TPSA) is 63.2 Å². The summed E-state index contributed by atoms with van der Waals surface area (Å²) in [5.41, 5.74) is 0. The number of nitrogens with zero attached hydrogens (tertiary/aromatic N) is 4. The fourth-order valence-electron chi connectivity index (χ4n) is 2.35. The van der Waals surface area contributed by atoms with Gasteiger partial charge in [0.05, 0.1) is 6.61 Å². The highest BCUT2D eigenvalue weighted by molar-refractivity contribution is 5.38. The standard InChI is InChI=1S/C14H25N5O/c1-4-9-20-14-17-12(15-5-2)16-13(18-14)19-8-6-7-11(3)10-19/h11H,4-10H2,1-3H3,(H,15,16,17,18).